The lowest BCUT2D eigenvalue weighted by atomic mass is 9.89. The molecule has 1 amide bonds. The molecule has 0 radical (unpaired) electrons. The smallest absolute Gasteiger partial charge is 0.410 e. The van der Waals surface area contributed by atoms with Crippen LogP contribution in [0, 0.1) is 5.92 Å². The minimum atomic E-state index is -0.507. The largest absolute Gasteiger partial charge is 0.463 e. The zero-order valence-electron chi connectivity index (χ0n) is 15.1. The van der Waals surface area contributed by atoms with E-state index in [1.54, 1.807) is 11.8 Å². The number of carbonyl (C=O) groups excluding carboxylic acids is 2. The number of carbonyl (C=O) groups is 2. The summed E-state index contributed by atoms with van der Waals surface area (Å²) in [4.78, 5) is 25.0. The predicted octanol–water partition coefficient (Wildman–Crippen LogP) is 3.79. The summed E-state index contributed by atoms with van der Waals surface area (Å²) in [6, 6.07) is 15.0. The van der Waals surface area contributed by atoms with Gasteiger partial charge in [-0.3, -0.25) is 0 Å². The molecule has 0 aliphatic carbocycles. The number of benzene rings is 2. The Kier molecular flexibility index (Phi) is 6.10. The molecule has 1 fully saturated rings. The second kappa shape index (κ2) is 8.70. The van der Waals surface area contributed by atoms with Crippen LogP contribution >= 0.6 is 0 Å². The number of hydrogen-bond acceptors (Lipinski definition) is 4. The molecule has 0 atom stereocenters. The molecule has 0 aromatic heterocycles. The summed E-state index contributed by atoms with van der Waals surface area (Å²) in [5.74, 6) is 0.0531. The summed E-state index contributed by atoms with van der Waals surface area (Å²) < 4.78 is 9.77. The predicted molar refractivity (Wildman–Crippen MR) is 99.9 cm³/mol. The van der Waals surface area contributed by atoms with Gasteiger partial charge in [0.25, 0.3) is 0 Å². The quantitative estimate of drug-likeness (QED) is 0.766. The molecule has 138 valence electrons. The molecular formula is C21H25NO4. The van der Waals surface area contributed by atoms with Crippen LogP contribution in [0.1, 0.15) is 25.3 Å². The number of hydrogen-bond donors (Lipinski definition) is 0. The molecule has 1 heterocycles. The molecular weight excluding hydrogens is 330 g/mol. The molecule has 0 unspecified atom stereocenters. The fourth-order valence-corrected chi connectivity index (χ4v) is 3.43. The van der Waals surface area contributed by atoms with Crippen molar-refractivity contribution in [3.63, 3.8) is 0 Å². The van der Waals surface area contributed by atoms with Gasteiger partial charge in [-0.25, -0.2) is 9.59 Å². The first-order valence-electron chi connectivity index (χ1n) is 9.20. The van der Waals surface area contributed by atoms with E-state index in [2.05, 4.69) is 42.5 Å². The number of likely N-dealkylation sites (tertiary alicyclic amines) is 1. The van der Waals surface area contributed by atoms with E-state index in [0.717, 1.165) is 19.3 Å². The van der Waals surface area contributed by atoms with Crippen molar-refractivity contribution in [2.75, 3.05) is 26.3 Å². The Labute approximate surface area is 153 Å². The van der Waals surface area contributed by atoms with Gasteiger partial charge in [-0.1, -0.05) is 42.5 Å². The standard InChI is InChI=1S/C21H25NO4/c1-2-25-20(23)15-26-21(24)22-11-9-16(10-12-22)13-17-7-8-18-5-3-4-6-19(18)14-17/h3-8,14,16H,2,9-13,15H2,1H3. The summed E-state index contributed by atoms with van der Waals surface area (Å²) in [6.45, 7) is 3.03. The molecule has 2 aromatic carbocycles. The molecule has 0 spiro atoms. The minimum absolute atomic E-state index is 0.288. The van der Waals surface area contributed by atoms with Gasteiger partial charge in [-0.15, -0.1) is 0 Å². The summed E-state index contributed by atoms with van der Waals surface area (Å²) in [5.41, 5.74) is 1.34. The van der Waals surface area contributed by atoms with Crippen LogP contribution < -0.4 is 0 Å². The molecule has 5 heteroatoms. The van der Waals surface area contributed by atoms with Crippen molar-refractivity contribution in [1.29, 1.82) is 0 Å². The first kappa shape index (κ1) is 18.2. The van der Waals surface area contributed by atoms with Gasteiger partial charge in [-0.2, -0.15) is 0 Å². The molecule has 26 heavy (non-hydrogen) atoms. The number of piperidine rings is 1. The van der Waals surface area contributed by atoms with E-state index in [9.17, 15) is 9.59 Å². The van der Waals surface area contributed by atoms with Crippen molar-refractivity contribution in [3.05, 3.63) is 48.0 Å². The lowest BCUT2D eigenvalue weighted by Gasteiger charge is -2.31. The Morgan fingerprint density at radius 1 is 1.04 bits per heavy atom. The van der Waals surface area contributed by atoms with Crippen LogP contribution in [0.25, 0.3) is 10.8 Å². The maximum Gasteiger partial charge on any atom is 0.410 e. The van der Waals surface area contributed by atoms with Gasteiger partial charge >= 0.3 is 12.1 Å². The van der Waals surface area contributed by atoms with Gasteiger partial charge in [0.05, 0.1) is 6.61 Å². The van der Waals surface area contributed by atoms with Crippen LogP contribution in [-0.2, 0) is 20.7 Å². The van der Waals surface area contributed by atoms with Crippen LogP contribution in [0.5, 0.6) is 0 Å². The van der Waals surface area contributed by atoms with Crippen LogP contribution in [0.4, 0.5) is 4.79 Å². The van der Waals surface area contributed by atoms with E-state index in [1.165, 1.54) is 16.3 Å². The van der Waals surface area contributed by atoms with E-state index in [0.29, 0.717) is 19.0 Å². The SMILES string of the molecule is CCOC(=O)COC(=O)N1CCC(Cc2ccc3ccccc3c2)CC1. The van der Waals surface area contributed by atoms with Crippen molar-refractivity contribution in [1.82, 2.24) is 4.90 Å². The number of ether oxygens (including phenoxy) is 2. The normalized spacial score (nSPS) is 15.0. The Hall–Kier alpha value is -2.56. The second-order valence-electron chi connectivity index (χ2n) is 6.68. The first-order valence-corrected chi connectivity index (χ1v) is 9.20. The summed E-state index contributed by atoms with van der Waals surface area (Å²) in [5, 5.41) is 2.53. The van der Waals surface area contributed by atoms with Gasteiger partial charge in [0.2, 0.25) is 0 Å². The van der Waals surface area contributed by atoms with Gasteiger partial charge < -0.3 is 14.4 Å². The average Bonchev–Trinajstić information content (AvgIpc) is 2.67. The van der Waals surface area contributed by atoms with Crippen LogP contribution in [0.3, 0.4) is 0 Å². The van der Waals surface area contributed by atoms with Crippen molar-refractivity contribution in [3.8, 4) is 0 Å². The van der Waals surface area contributed by atoms with Crippen molar-refractivity contribution < 1.29 is 19.1 Å². The van der Waals surface area contributed by atoms with Crippen molar-refractivity contribution in [2.24, 2.45) is 5.92 Å². The van der Waals surface area contributed by atoms with Crippen LogP contribution in [0.2, 0.25) is 0 Å². The number of nitrogens with zero attached hydrogens (tertiary/aromatic N) is 1. The molecule has 5 nitrogen and oxygen atoms in total. The number of fused-ring (bicyclic) bond motifs is 1. The van der Waals surface area contributed by atoms with Crippen molar-refractivity contribution in [2.45, 2.75) is 26.2 Å². The number of rotatable bonds is 5. The van der Waals surface area contributed by atoms with E-state index in [1.807, 2.05) is 0 Å². The fourth-order valence-electron chi connectivity index (χ4n) is 3.43. The van der Waals surface area contributed by atoms with Gasteiger partial charge in [0.15, 0.2) is 6.61 Å². The molecule has 1 saturated heterocycles. The van der Waals surface area contributed by atoms with E-state index < -0.39 is 12.1 Å². The van der Waals surface area contributed by atoms with Gasteiger partial charge in [-0.05, 0) is 48.4 Å². The maximum absolute atomic E-state index is 12.0. The van der Waals surface area contributed by atoms with Gasteiger partial charge in [0, 0.05) is 13.1 Å². The minimum Gasteiger partial charge on any atom is -0.463 e. The van der Waals surface area contributed by atoms with E-state index >= 15 is 0 Å². The molecule has 2 aromatic rings. The molecule has 0 bridgehead atoms. The highest BCUT2D eigenvalue weighted by molar-refractivity contribution is 5.83. The third-order valence-corrected chi connectivity index (χ3v) is 4.83. The molecule has 1 aliphatic heterocycles. The average molecular weight is 355 g/mol. The first-order chi connectivity index (χ1) is 12.7. The fraction of sp³-hybridized carbons (Fsp3) is 0.429. The van der Waals surface area contributed by atoms with Crippen LogP contribution in [-0.4, -0.2) is 43.3 Å². The van der Waals surface area contributed by atoms with Crippen molar-refractivity contribution >= 4 is 22.8 Å². The van der Waals surface area contributed by atoms with E-state index in [4.69, 9.17) is 9.47 Å². The summed E-state index contributed by atoms with van der Waals surface area (Å²) >= 11 is 0. The van der Waals surface area contributed by atoms with Gasteiger partial charge in [0.1, 0.15) is 0 Å². The highest BCUT2D eigenvalue weighted by atomic mass is 16.6. The number of esters is 1. The molecule has 0 N–H and O–H groups in total. The summed E-state index contributed by atoms with van der Waals surface area (Å²) in [6.07, 6.45) is 2.49. The monoisotopic (exact) mass is 355 g/mol. The Morgan fingerprint density at radius 2 is 1.77 bits per heavy atom. The second-order valence-corrected chi connectivity index (χ2v) is 6.68. The molecule has 0 saturated carbocycles. The highest BCUT2D eigenvalue weighted by Gasteiger charge is 2.24. The maximum atomic E-state index is 12.0. The topological polar surface area (TPSA) is 55.8 Å². The van der Waals surface area contributed by atoms with Crippen LogP contribution in [0.15, 0.2) is 42.5 Å². The van der Waals surface area contributed by atoms with E-state index in [-0.39, 0.29) is 13.2 Å². The Morgan fingerprint density at radius 3 is 2.50 bits per heavy atom. The molecule has 1 aliphatic rings. The zero-order chi connectivity index (χ0) is 18.4. The summed E-state index contributed by atoms with van der Waals surface area (Å²) in [7, 11) is 0. The number of amides is 1. The Bertz CT molecular complexity index is 765. The third kappa shape index (κ3) is 4.75. The highest BCUT2D eigenvalue weighted by Crippen LogP contribution is 2.24. The molecule has 3 rings (SSSR count). The zero-order valence-corrected chi connectivity index (χ0v) is 15.1. The lowest BCUT2D eigenvalue weighted by molar-refractivity contribution is -0.146. The third-order valence-electron chi connectivity index (χ3n) is 4.83. The Balaban J connectivity index is 1.47. The lowest BCUT2D eigenvalue weighted by Crippen LogP contribution is -2.40.